The Morgan fingerprint density at radius 1 is 1.00 bits per heavy atom. The quantitative estimate of drug-likeness (QED) is 0.649. The predicted octanol–water partition coefficient (Wildman–Crippen LogP) is 5.12. The van der Waals surface area contributed by atoms with E-state index in [0.717, 1.165) is 50.6 Å². The molecule has 1 aromatic rings. The summed E-state index contributed by atoms with van der Waals surface area (Å²) in [6.45, 7) is 3.80. The fraction of sp³-hybridized carbons (Fsp3) is 0.714. The second-order valence-electron chi connectivity index (χ2n) is 7.23. The van der Waals surface area contributed by atoms with E-state index in [9.17, 15) is 0 Å². The molecule has 1 heterocycles. The maximum absolute atomic E-state index is 6.35. The van der Waals surface area contributed by atoms with Gasteiger partial charge < -0.3 is 14.2 Å². The van der Waals surface area contributed by atoms with E-state index < -0.39 is 0 Å². The number of hydrogen-bond donors (Lipinski definition) is 0. The number of aryl methyl sites for hydroxylation is 1. The van der Waals surface area contributed by atoms with Crippen molar-refractivity contribution in [1.82, 2.24) is 0 Å². The van der Waals surface area contributed by atoms with Gasteiger partial charge in [0, 0.05) is 19.6 Å². The van der Waals surface area contributed by atoms with Crippen LogP contribution in [0.25, 0.3) is 0 Å². The van der Waals surface area contributed by atoms with E-state index in [1.165, 1.54) is 37.7 Å². The molecule has 0 amide bonds. The Morgan fingerprint density at radius 3 is 2.38 bits per heavy atom. The van der Waals surface area contributed by atoms with Crippen molar-refractivity contribution in [2.45, 2.75) is 77.1 Å². The molecule has 0 bridgehead atoms. The summed E-state index contributed by atoms with van der Waals surface area (Å²) in [5.74, 6) is 1.68. The lowest BCUT2D eigenvalue weighted by Gasteiger charge is -2.31. The third-order valence-electron chi connectivity index (χ3n) is 5.36. The van der Waals surface area contributed by atoms with Crippen molar-refractivity contribution in [2.75, 3.05) is 13.2 Å². The maximum atomic E-state index is 6.35. The molecule has 1 aromatic carbocycles. The van der Waals surface area contributed by atoms with E-state index in [1.807, 2.05) is 0 Å². The van der Waals surface area contributed by atoms with Crippen LogP contribution in [0, 0.1) is 5.92 Å². The van der Waals surface area contributed by atoms with Gasteiger partial charge in [0.15, 0.2) is 6.29 Å². The second kappa shape index (κ2) is 9.43. The van der Waals surface area contributed by atoms with Crippen LogP contribution in [0.1, 0.15) is 63.9 Å². The zero-order chi connectivity index (χ0) is 16.6. The molecule has 24 heavy (non-hydrogen) atoms. The largest absolute Gasteiger partial charge is 0.465 e. The van der Waals surface area contributed by atoms with Gasteiger partial charge in [-0.15, -0.1) is 0 Å². The summed E-state index contributed by atoms with van der Waals surface area (Å²) in [6, 6.07) is 8.48. The number of hydrogen-bond acceptors (Lipinski definition) is 3. The number of benzene rings is 1. The van der Waals surface area contributed by atoms with Crippen LogP contribution in [0.2, 0.25) is 0 Å². The standard InChI is InChI=1S/C21H32O3/c1-2-17-8-10-19(11-9-17)23-21(16-18-6-4-3-5-7-18)24-20-12-14-22-15-13-20/h8-11,18,20-21H,2-7,12-16H2,1H3. The van der Waals surface area contributed by atoms with Crippen molar-refractivity contribution in [2.24, 2.45) is 5.92 Å². The van der Waals surface area contributed by atoms with Crippen molar-refractivity contribution in [3.05, 3.63) is 29.8 Å². The molecule has 1 saturated heterocycles. The molecule has 1 atom stereocenters. The molecule has 1 saturated carbocycles. The zero-order valence-electron chi connectivity index (χ0n) is 15.0. The van der Waals surface area contributed by atoms with E-state index in [4.69, 9.17) is 14.2 Å². The maximum Gasteiger partial charge on any atom is 0.200 e. The summed E-state index contributed by atoms with van der Waals surface area (Å²) in [4.78, 5) is 0. The Bertz CT molecular complexity index is 438. The van der Waals surface area contributed by atoms with Gasteiger partial charge in [-0.2, -0.15) is 0 Å². The van der Waals surface area contributed by atoms with Crippen molar-refractivity contribution in [1.29, 1.82) is 0 Å². The Labute approximate surface area is 146 Å². The predicted molar refractivity (Wildman–Crippen MR) is 96.4 cm³/mol. The first-order valence-corrected chi connectivity index (χ1v) is 9.82. The first-order chi connectivity index (χ1) is 11.8. The molecule has 134 valence electrons. The first kappa shape index (κ1) is 17.8. The lowest BCUT2D eigenvalue weighted by molar-refractivity contribution is -0.152. The van der Waals surface area contributed by atoms with Crippen molar-refractivity contribution in [3.8, 4) is 5.75 Å². The highest BCUT2D eigenvalue weighted by Gasteiger charge is 2.25. The average molecular weight is 332 g/mol. The van der Waals surface area contributed by atoms with Gasteiger partial charge in [-0.05, 0) is 42.9 Å². The van der Waals surface area contributed by atoms with Gasteiger partial charge >= 0.3 is 0 Å². The molecule has 1 aliphatic heterocycles. The lowest BCUT2D eigenvalue weighted by atomic mass is 9.87. The fourth-order valence-electron chi connectivity index (χ4n) is 3.81. The molecular weight excluding hydrogens is 300 g/mol. The summed E-state index contributed by atoms with van der Waals surface area (Å²) in [6.07, 6.45) is 11.0. The van der Waals surface area contributed by atoms with Crippen LogP contribution in [-0.4, -0.2) is 25.6 Å². The number of ether oxygens (including phenoxy) is 3. The SMILES string of the molecule is CCc1ccc(OC(CC2CCCCC2)OC2CCOCC2)cc1. The summed E-state index contributed by atoms with van der Waals surface area (Å²) in [5.41, 5.74) is 1.34. The number of rotatable bonds is 7. The van der Waals surface area contributed by atoms with Crippen LogP contribution in [0.15, 0.2) is 24.3 Å². The van der Waals surface area contributed by atoms with Gasteiger partial charge in [0.25, 0.3) is 0 Å². The van der Waals surface area contributed by atoms with Gasteiger partial charge in [0.1, 0.15) is 5.75 Å². The van der Waals surface area contributed by atoms with Crippen molar-refractivity contribution < 1.29 is 14.2 Å². The molecule has 1 aliphatic carbocycles. The molecule has 3 heteroatoms. The molecule has 0 N–H and O–H groups in total. The normalized spacial score (nSPS) is 21.5. The van der Waals surface area contributed by atoms with Crippen molar-refractivity contribution in [3.63, 3.8) is 0 Å². The minimum Gasteiger partial charge on any atom is -0.465 e. The molecule has 3 rings (SSSR count). The summed E-state index contributed by atoms with van der Waals surface area (Å²) < 4.78 is 18.1. The Hall–Kier alpha value is -1.06. The van der Waals surface area contributed by atoms with Gasteiger partial charge in [0.2, 0.25) is 0 Å². The zero-order valence-corrected chi connectivity index (χ0v) is 15.0. The molecule has 1 unspecified atom stereocenters. The third kappa shape index (κ3) is 5.49. The van der Waals surface area contributed by atoms with Crippen molar-refractivity contribution >= 4 is 0 Å². The van der Waals surface area contributed by atoms with Crippen LogP contribution in [0.4, 0.5) is 0 Å². The third-order valence-corrected chi connectivity index (χ3v) is 5.36. The molecule has 2 fully saturated rings. The molecular formula is C21H32O3. The smallest absolute Gasteiger partial charge is 0.200 e. The van der Waals surface area contributed by atoms with Crippen LogP contribution in [0.5, 0.6) is 5.75 Å². The Morgan fingerprint density at radius 2 is 1.71 bits per heavy atom. The highest BCUT2D eigenvalue weighted by molar-refractivity contribution is 5.27. The first-order valence-electron chi connectivity index (χ1n) is 9.82. The molecule has 3 nitrogen and oxygen atoms in total. The average Bonchev–Trinajstić information content (AvgIpc) is 2.64. The minimum absolute atomic E-state index is 0.122. The Balaban J connectivity index is 1.60. The Kier molecular flexibility index (Phi) is 6.98. The molecule has 2 aliphatic rings. The van der Waals surface area contributed by atoms with Gasteiger partial charge in [-0.1, -0.05) is 51.2 Å². The van der Waals surface area contributed by atoms with E-state index >= 15 is 0 Å². The van der Waals surface area contributed by atoms with Crippen LogP contribution in [0.3, 0.4) is 0 Å². The van der Waals surface area contributed by atoms with Crippen LogP contribution < -0.4 is 4.74 Å². The summed E-state index contributed by atoms with van der Waals surface area (Å²) in [5, 5.41) is 0. The molecule has 0 radical (unpaired) electrons. The van der Waals surface area contributed by atoms with Gasteiger partial charge in [-0.25, -0.2) is 0 Å². The van der Waals surface area contributed by atoms with Crippen LogP contribution >= 0.6 is 0 Å². The highest BCUT2D eigenvalue weighted by atomic mass is 16.7. The molecule has 0 aromatic heterocycles. The van der Waals surface area contributed by atoms with Gasteiger partial charge in [-0.3, -0.25) is 0 Å². The summed E-state index contributed by atoms with van der Waals surface area (Å²) in [7, 11) is 0. The van der Waals surface area contributed by atoms with E-state index in [2.05, 4.69) is 31.2 Å². The van der Waals surface area contributed by atoms with E-state index in [-0.39, 0.29) is 12.4 Å². The molecule has 0 spiro atoms. The van der Waals surface area contributed by atoms with E-state index in [0.29, 0.717) is 0 Å². The van der Waals surface area contributed by atoms with E-state index in [1.54, 1.807) is 0 Å². The second-order valence-corrected chi connectivity index (χ2v) is 7.23. The highest BCUT2D eigenvalue weighted by Crippen LogP contribution is 2.30. The fourth-order valence-corrected chi connectivity index (χ4v) is 3.81. The lowest BCUT2D eigenvalue weighted by Crippen LogP contribution is -2.33. The topological polar surface area (TPSA) is 27.7 Å². The van der Waals surface area contributed by atoms with Crippen LogP contribution in [-0.2, 0) is 15.9 Å². The monoisotopic (exact) mass is 332 g/mol. The minimum atomic E-state index is -0.122. The summed E-state index contributed by atoms with van der Waals surface area (Å²) >= 11 is 0. The van der Waals surface area contributed by atoms with Gasteiger partial charge in [0.05, 0.1) is 6.10 Å².